The summed E-state index contributed by atoms with van der Waals surface area (Å²) in [6.45, 7) is 6.48. The third-order valence-corrected chi connectivity index (χ3v) is 6.33. The van der Waals surface area contributed by atoms with E-state index in [4.69, 9.17) is 9.84 Å². The number of carbonyl (C=O) groups is 3. The first-order valence-electron chi connectivity index (χ1n) is 11.8. The van der Waals surface area contributed by atoms with Crippen molar-refractivity contribution in [2.75, 3.05) is 13.2 Å². The average Bonchev–Trinajstić information content (AvgIpc) is 3.09. The highest BCUT2D eigenvalue weighted by atomic mass is 16.5. The van der Waals surface area contributed by atoms with Crippen LogP contribution < -0.4 is 10.6 Å². The van der Waals surface area contributed by atoms with Gasteiger partial charge in [0.1, 0.15) is 6.61 Å². The smallest absolute Gasteiger partial charge is 0.407 e. The van der Waals surface area contributed by atoms with Crippen LogP contribution in [0.5, 0.6) is 0 Å². The van der Waals surface area contributed by atoms with Gasteiger partial charge in [0, 0.05) is 24.9 Å². The standard InChI is InChI=1S/C27H34N2O5/c1-18(16-25(31)32)29-24(30)12-13-27(2,3)14-15-28-26(33)34-17-23-21-10-6-4-8-19(21)20-9-5-7-11-22(20)23/h4-11,18,23H,12-17H2,1-3H3,(H,28,33)(H,29,30)(H,31,32). The molecular weight excluding hydrogens is 432 g/mol. The minimum absolute atomic E-state index is 0.0246. The van der Waals surface area contributed by atoms with E-state index in [1.54, 1.807) is 6.92 Å². The van der Waals surface area contributed by atoms with E-state index in [0.29, 0.717) is 25.8 Å². The summed E-state index contributed by atoms with van der Waals surface area (Å²) in [5, 5.41) is 14.3. The van der Waals surface area contributed by atoms with E-state index in [-0.39, 0.29) is 30.3 Å². The van der Waals surface area contributed by atoms with Crippen LogP contribution in [0, 0.1) is 5.41 Å². The number of aliphatic carboxylic acids is 1. The van der Waals surface area contributed by atoms with Gasteiger partial charge in [-0.15, -0.1) is 0 Å². The molecule has 0 aromatic heterocycles. The van der Waals surface area contributed by atoms with Crippen LogP contribution in [-0.2, 0) is 14.3 Å². The second-order valence-corrected chi connectivity index (χ2v) is 9.73. The first-order chi connectivity index (χ1) is 16.2. The molecule has 3 rings (SSSR count). The maximum absolute atomic E-state index is 12.3. The molecule has 0 saturated carbocycles. The fourth-order valence-electron chi connectivity index (χ4n) is 4.39. The monoisotopic (exact) mass is 466 g/mol. The number of amides is 2. The molecule has 0 aliphatic heterocycles. The van der Waals surface area contributed by atoms with E-state index < -0.39 is 18.1 Å². The van der Waals surface area contributed by atoms with Gasteiger partial charge in [-0.05, 0) is 47.4 Å². The Bertz CT molecular complexity index is 988. The summed E-state index contributed by atoms with van der Waals surface area (Å²) in [5.41, 5.74) is 4.57. The van der Waals surface area contributed by atoms with Crippen molar-refractivity contribution in [2.24, 2.45) is 5.41 Å². The average molecular weight is 467 g/mol. The number of fused-ring (bicyclic) bond motifs is 3. The molecule has 7 nitrogen and oxygen atoms in total. The predicted octanol–water partition coefficient (Wildman–Crippen LogP) is 4.70. The van der Waals surface area contributed by atoms with Crippen molar-refractivity contribution in [3.63, 3.8) is 0 Å². The SMILES string of the molecule is CC(CC(=O)O)NC(=O)CCC(C)(C)CCNC(=O)OCC1c2ccccc2-c2ccccc21. The minimum atomic E-state index is -0.938. The van der Waals surface area contributed by atoms with Gasteiger partial charge in [-0.2, -0.15) is 0 Å². The highest BCUT2D eigenvalue weighted by Gasteiger charge is 2.29. The van der Waals surface area contributed by atoms with Gasteiger partial charge in [0.05, 0.1) is 6.42 Å². The Morgan fingerprint density at radius 2 is 1.59 bits per heavy atom. The molecule has 34 heavy (non-hydrogen) atoms. The number of nitrogens with one attached hydrogen (secondary N) is 2. The molecule has 0 radical (unpaired) electrons. The van der Waals surface area contributed by atoms with Crippen molar-refractivity contribution >= 4 is 18.0 Å². The molecule has 2 aromatic rings. The molecule has 0 bridgehead atoms. The summed E-state index contributed by atoms with van der Waals surface area (Å²) in [5.74, 6) is -1.07. The van der Waals surface area contributed by atoms with Crippen LogP contribution in [0.2, 0.25) is 0 Å². The van der Waals surface area contributed by atoms with E-state index in [2.05, 4.69) is 34.9 Å². The highest BCUT2D eigenvalue weighted by Crippen LogP contribution is 2.44. The Balaban J connectivity index is 1.41. The lowest BCUT2D eigenvalue weighted by atomic mass is 9.84. The van der Waals surface area contributed by atoms with E-state index >= 15 is 0 Å². The number of carboxylic acids is 1. The number of benzene rings is 2. The van der Waals surface area contributed by atoms with Gasteiger partial charge in [0.25, 0.3) is 0 Å². The van der Waals surface area contributed by atoms with Gasteiger partial charge in [-0.3, -0.25) is 9.59 Å². The first kappa shape index (κ1) is 25.3. The summed E-state index contributed by atoms with van der Waals surface area (Å²) in [6.07, 6.45) is 1.08. The molecule has 0 heterocycles. The van der Waals surface area contributed by atoms with Gasteiger partial charge in [-0.25, -0.2) is 4.79 Å². The van der Waals surface area contributed by atoms with Crippen LogP contribution in [0.4, 0.5) is 4.79 Å². The number of rotatable bonds is 11. The molecule has 7 heteroatoms. The second-order valence-electron chi connectivity index (χ2n) is 9.73. The summed E-state index contributed by atoms with van der Waals surface area (Å²) in [7, 11) is 0. The molecule has 0 spiro atoms. The van der Waals surface area contributed by atoms with E-state index in [0.717, 1.165) is 0 Å². The van der Waals surface area contributed by atoms with Crippen molar-refractivity contribution < 1.29 is 24.2 Å². The Morgan fingerprint density at radius 1 is 1.00 bits per heavy atom. The molecular formula is C27H34N2O5. The molecule has 1 aliphatic rings. The zero-order valence-electron chi connectivity index (χ0n) is 20.1. The lowest BCUT2D eigenvalue weighted by molar-refractivity contribution is -0.137. The fourth-order valence-corrected chi connectivity index (χ4v) is 4.39. The van der Waals surface area contributed by atoms with Crippen LogP contribution in [0.15, 0.2) is 48.5 Å². The van der Waals surface area contributed by atoms with Crippen molar-refractivity contribution in [2.45, 2.75) is 58.4 Å². The lowest BCUT2D eigenvalue weighted by Gasteiger charge is -2.25. The maximum atomic E-state index is 12.3. The van der Waals surface area contributed by atoms with Gasteiger partial charge in [0.15, 0.2) is 0 Å². The molecule has 2 aromatic carbocycles. The topological polar surface area (TPSA) is 105 Å². The van der Waals surface area contributed by atoms with Crippen molar-refractivity contribution in [3.05, 3.63) is 59.7 Å². The molecule has 1 aliphatic carbocycles. The summed E-state index contributed by atoms with van der Waals surface area (Å²) in [4.78, 5) is 35.1. The Labute approximate surface area is 200 Å². The molecule has 1 unspecified atom stereocenters. The van der Waals surface area contributed by atoms with E-state index in [9.17, 15) is 14.4 Å². The van der Waals surface area contributed by atoms with Crippen molar-refractivity contribution in [1.82, 2.24) is 10.6 Å². The Hall–Kier alpha value is -3.35. The van der Waals surface area contributed by atoms with Gasteiger partial charge >= 0.3 is 12.1 Å². The Morgan fingerprint density at radius 3 is 2.18 bits per heavy atom. The second kappa shape index (κ2) is 11.2. The number of carbonyl (C=O) groups excluding carboxylic acids is 2. The molecule has 3 N–H and O–H groups in total. The van der Waals surface area contributed by atoms with Crippen LogP contribution in [0.25, 0.3) is 11.1 Å². The van der Waals surface area contributed by atoms with E-state index in [1.165, 1.54) is 22.3 Å². The zero-order chi connectivity index (χ0) is 24.7. The fraction of sp³-hybridized carbons (Fsp3) is 0.444. The van der Waals surface area contributed by atoms with Crippen molar-refractivity contribution in [1.29, 1.82) is 0 Å². The van der Waals surface area contributed by atoms with Crippen LogP contribution in [0.3, 0.4) is 0 Å². The van der Waals surface area contributed by atoms with E-state index in [1.807, 2.05) is 38.1 Å². The van der Waals surface area contributed by atoms with Gasteiger partial charge < -0.3 is 20.5 Å². The molecule has 0 saturated heterocycles. The minimum Gasteiger partial charge on any atom is -0.481 e. The molecule has 1 atom stereocenters. The molecule has 182 valence electrons. The number of carboxylic acid groups (broad SMARTS) is 1. The normalized spacial score (nSPS) is 13.5. The summed E-state index contributed by atoms with van der Waals surface area (Å²) >= 11 is 0. The largest absolute Gasteiger partial charge is 0.481 e. The van der Waals surface area contributed by atoms with Gasteiger partial charge in [0.2, 0.25) is 5.91 Å². The first-order valence-corrected chi connectivity index (χ1v) is 11.8. The Kier molecular flexibility index (Phi) is 8.31. The van der Waals surface area contributed by atoms with Gasteiger partial charge in [-0.1, -0.05) is 62.4 Å². The number of hydrogen-bond acceptors (Lipinski definition) is 4. The summed E-state index contributed by atoms with van der Waals surface area (Å²) in [6, 6.07) is 16.0. The molecule has 0 fully saturated rings. The van der Waals surface area contributed by atoms with Crippen LogP contribution >= 0.6 is 0 Å². The van der Waals surface area contributed by atoms with Crippen LogP contribution in [0.1, 0.15) is 63.5 Å². The quantitative estimate of drug-likeness (QED) is 0.445. The lowest BCUT2D eigenvalue weighted by Crippen LogP contribution is -2.35. The third kappa shape index (κ3) is 6.83. The molecule has 2 amide bonds. The number of hydrogen-bond donors (Lipinski definition) is 3. The predicted molar refractivity (Wildman–Crippen MR) is 131 cm³/mol. The third-order valence-electron chi connectivity index (χ3n) is 6.33. The number of ether oxygens (including phenoxy) is 1. The van der Waals surface area contributed by atoms with Crippen LogP contribution in [-0.4, -0.2) is 42.3 Å². The summed E-state index contributed by atoms with van der Waals surface area (Å²) < 4.78 is 5.57. The zero-order valence-corrected chi connectivity index (χ0v) is 20.1. The van der Waals surface area contributed by atoms with Crippen molar-refractivity contribution in [3.8, 4) is 11.1 Å². The highest BCUT2D eigenvalue weighted by molar-refractivity contribution is 5.79. The number of alkyl carbamates (subject to hydrolysis) is 1. The maximum Gasteiger partial charge on any atom is 0.407 e.